The number of ether oxygens (including phenoxy) is 8. The zero-order valence-corrected chi connectivity index (χ0v) is 39.3. The number of carbonyl (C=O) groups is 4. The van der Waals surface area contributed by atoms with Crippen LogP contribution in [0.1, 0.15) is 13.8 Å². The Kier molecular flexibility index (Phi) is 20.8. The molecule has 20 atom stereocenters. The maximum absolute atomic E-state index is 12.8. The van der Waals surface area contributed by atoms with Gasteiger partial charge >= 0.3 is 0 Å². The molecule has 4 aliphatic rings. The molecular formula is C31H42N2O35S4-6. The first-order chi connectivity index (χ1) is 33.0. The Bertz CT molecular complexity index is 2390. The van der Waals surface area contributed by atoms with E-state index in [0.717, 1.165) is 13.0 Å². The molecule has 416 valence electrons. The van der Waals surface area contributed by atoms with Crippen LogP contribution in [0.25, 0.3) is 0 Å². The number of nitrogens with one attached hydrogen (secondary N) is 2. The van der Waals surface area contributed by atoms with Crippen molar-refractivity contribution in [3.8, 4) is 0 Å². The number of carbonyl (C=O) groups excluding carboxylic acids is 4. The van der Waals surface area contributed by atoms with Gasteiger partial charge in [-0.25, -0.2) is 33.7 Å². The molecule has 0 aliphatic carbocycles. The number of hydrogen-bond donors (Lipinski definition) is 7. The van der Waals surface area contributed by atoms with Gasteiger partial charge in [-0.15, -0.1) is 6.58 Å². The number of rotatable bonds is 23. The van der Waals surface area contributed by atoms with Crippen LogP contribution in [-0.2, 0) is 115 Å². The van der Waals surface area contributed by atoms with Crippen molar-refractivity contribution >= 4 is 65.3 Å². The molecule has 0 aromatic rings. The molecule has 37 nitrogen and oxygen atoms in total. The predicted molar refractivity (Wildman–Crippen MR) is 201 cm³/mol. The zero-order valence-electron chi connectivity index (χ0n) is 36.1. The van der Waals surface area contributed by atoms with Crippen LogP contribution in [0, 0.1) is 0 Å². The van der Waals surface area contributed by atoms with Gasteiger partial charge in [0.15, 0.2) is 25.2 Å². The second-order valence-electron chi connectivity index (χ2n) is 15.2. The van der Waals surface area contributed by atoms with Gasteiger partial charge in [0.2, 0.25) is 53.4 Å². The largest absolute Gasteiger partial charge is 0.726 e. The van der Waals surface area contributed by atoms with Gasteiger partial charge in [-0.3, -0.25) is 26.3 Å². The van der Waals surface area contributed by atoms with Crippen LogP contribution in [0.2, 0.25) is 0 Å². The van der Waals surface area contributed by atoms with E-state index in [1.54, 1.807) is 0 Å². The van der Waals surface area contributed by atoms with Gasteiger partial charge in [0.25, 0.3) is 0 Å². The third-order valence-electron chi connectivity index (χ3n) is 10.1. The minimum atomic E-state index is -6.13. The van der Waals surface area contributed by atoms with E-state index in [1.165, 1.54) is 0 Å². The van der Waals surface area contributed by atoms with E-state index in [1.807, 2.05) is 5.32 Å². The maximum Gasteiger partial charge on any atom is 0.218 e. The maximum atomic E-state index is 12.8. The number of carboxylic acid groups (broad SMARTS) is 2. The van der Waals surface area contributed by atoms with Gasteiger partial charge in [-0.1, -0.05) is 6.08 Å². The number of carboxylic acids is 2. The second-order valence-corrected chi connectivity index (χ2v) is 19.3. The summed E-state index contributed by atoms with van der Waals surface area (Å²) in [7, 11) is -23.7. The third kappa shape index (κ3) is 16.8. The molecular weight excluding hydrogens is 1090 g/mol. The minimum absolute atomic E-state index is 0.521. The van der Waals surface area contributed by atoms with Crippen molar-refractivity contribution in [3.05, 3.63) is 12.7 Å². The fourth-order valence-electron chi connectivity index (χ4n) is 7.31. The first-order valence-electron chi connectivity index (χ1n) is 19.7. The molecule has 2 amide bonds. The van der Waals surface area contributed by atoms with Crippen LogP contribution in [0.3, 0.4) is 0 Å². The summed E-state index contributed by atoms with van der Waals surface area (Å²) in [6.45, 7) is 1.09. The topological polar surface area (TPSA) is 579 Å². The van der Waals surface area contributed by atoms with Crippen LogP contribution in [0.4, 0.5) is 0 Å². The van der Waals surface area contributed by atoms with Crippen molar-refractivity contribution in [1.29, 1.82) is 0 Å². The van der Waals surface area contributed by atoms with Crippen molar-refractivity contribution in [2.24, 2.45) is 0 Å². The molecule has 4 rings (SSSR count). The lowest BCUT2D eigenvalue weighted by Gasteiger charge is -2.51. The number of amides is 2. The van der Waals surface area contributed by atoms with E-state index < -0.39 is 208 Å². The zero-order chi connectivity index (χ0) is 54.6. The first kappa shape index (κ1) is 61.1. The van der Waals surface area contributed by atoms with Crippen molar-refractivity contribution in [2.75, 3.05) is 19.8 Å². The van der Waals surface area contributed by atoms with E-state index in [-0.39, 0.29) is 0 Å². The van der Waals surface area contributed by atoms with Crippen molar-refractivity contribution in [2.45, 2.75) is 137 Å². The Morgan fingerprint density at radius 2 is 0.917 bits per heavy atom. The molecule has 0 aromatic carbocycles. The minimum Gasteiger partial charge on any atom is -0.726 e. The highest BCUT2D eigenvalue weighted by molar-refractivity contribution is 7.81. The normalized spacial score (nSPS) is 38.0. The number of aliphatic hydroxyl groups excluding tert-OH is 5. The molecule has 4 heterocycles. The van der Waals surface area contributed by atoms with Gasteiger partial charge in [0, 0.05) is 13.8 Å². The molecule has 4 saturated heterocycles. The number of aliphatic hydroxyl groups is 5. The average Bonchev–Trinajstić information content (AvgIpc) is 3.22. The predicted octanol–water partition coefficient (Wildman–Crippen LogP) is -12.8. The van der Waals surface area contributed by atoms with Gasteiger partial charge in [0.05, 0.1) is 31.8 Å². The first-order valence-corrected chi connectivity index (χ1v) is 25.0. The summed E-state index contributed by atoms with van der Waals surface area (Å²) in [6, 6.07) is -4.46. The molecule has 0 spiro atoms. The van der Waals surface area contributed by atoms with E-state index >= 15 is 0 Å². The standard InChI is InChI=1S/C31H48N2O35S4/c1-4-5-57-28-12(32-8(2)34)21(19(67-71(51,52)53)10(60-28)6-58-69(45,46)47)62-31-18(40)16(38)23(25(66-31)27(43)44)64-29-13(33-9(3)35)22(63-30-17(39)14(36)15(37)24(65-30)26(41)42)20(68-72(54,55)56)11(61-29)7-59-70(48,49)50/h4,10-25,28-31,36-40H,1,5-7H2,2-3H3,(H,32,34)(H,33,35)(H,41,42)(H,43,44)(H,45,46,47)(H,48,49,50)(H,51,52,53)(H,54,55,56)/p-6. The fraction of sp³-hybridized carbons (Fsp3) is 0.806. The molecule has 0 radical (unpaired) electrons. The van der Waals surface area contributed by atoms with Crippen LogP contribution >= 0.6 is 0 Å². The Hall–Kier alpha value is -3.42. The number of hydrogen-bond acceptors (Lipinski definition) is 35. The Morgan fingerprint density at radius 3 is 1.31 bits per heavy atom. The van der Waals surface area contributed by atoms with Crippen molar-refractivity contribution in [3.63, 3.8) is 0 Å². The molecule has 72 heavy (non-hydrogen) atoms. The van der Waals surface area contributed by atoms with Crippen LogP contribution in [0.5, 0.6) is 0 Å². The second kappa shape index (κ2) is 24.5. The third-order valence-corrected chi connectivity index (χ3v) is 11.8. The van der Waals surface area contributed by atoms with Crippen molar-refractivity contribution in [1.82, 2.24) is 10.6 Å². The summed E-state index contributed by atoms with van der Waals surface area (Å²) < 4.78 is 201. The monoisotopic (exact) mass is 1130 g/mol. The fourth-order valence-corrected chi connectivity index (χ4v) is 8.92. The van der Waals surface area contributed by atoms with Gasteiger partial charge in [0.1, 0.15) is 97.5 Å². The summed E-state index contributed by atoms with van der Waals surface area (Å²) in [5.41, 5.74) is 0. The molecule has 4 fully saturated rings. The lowest BCUT2D eigenvalue weighted by Crippen LogP contribution is -2.72. The van der Waals surface area contributed by atoms with E-state index in [2.05, 4.69) is 28.6 Å². The summed E-state index contributed by atoms with van der Waals surface area (Å²) in [5.74, 6) is -7.08. The molecule has 20 unspecified atom stereocenters. The molecule has 0 saturated carbocycles. The van der Waals surface area contributed by atoms with Crippen molar-refractivity contribution < 1.29 is 161 Å². The highest BCUT2D eigenvalue weighted by Crippen LogP contribution is 2.37. The summed E-state index contributed by atoms with van der Waals surface area (Å²) in [5, 5.41) is 82.8. The van der Waals surface area contributed by atoms with Crippen LogP contribution < -0.4 is 20.8 Å². The van der Waals surface area contributed by atoms with Gasteiger partial charge in [-0.2, -0.15) is 0 Å². The highest BCUT2D eigenvalue weighted by Gasteiger charge is 2.58. The Morgan fingerprint density at radius 1 is 0.528 bits per heavy atom. The van der Waals surface area contributed by atoms with Gasteiger partial charge < -0.3 is 112 Å². The summed E-state index contributed by atoms with van der Waals surface area (Å²) in [4.78, 5) is 49.6. The molecule has 0 bridgehead atoms. The SMILES string of the molecule is C=CCOC1OC(COS(=O)(=O)[O-])C(OS(=O)(=O)[O-])C(OC2OC(C(=O)[O-])C(OC3OC(COS(=O)(=O)[O-])C(OS(=O)(=O)[O-])C(OC4OC(C(=O)[O-])C(O)C(O)C4O)C3NC(C)=O)C(O)C2O)C1NC(C)=O. The Labute approximate surface area is 405 Å². The van der Waals surface area contributed by atoms with E-state index in [4.69, 9.17) is 37.9 Å². The quantitative estimate of drug-likeness (QED) is 0.0284. The van der Waals surface area contributed by atoms with E-state index in [9.17, 15) is 107 Å². The highest BCUT2D eigenvalue weighted by atomic mass is 32.3. The lowest BCUT2D eigenvalue weighted by atomic mass is 9.94. The Balaban J connectivity index is 1.83. The van der Waals surface area contributed by atoms with Gasteiger partial charge in [-0.05, 0) is 0 Å². The summed E-state index contributed by atoms with van der Waals surface area (Å²) >= 11 is 0. The summed E-state index contributed by atoms with van der Waals surface area (Å²) in [6.07, 6.45) is -45.9. The number of aliphatic carboxylic acids is 2. The van der Waals surface area contributed by atoms with E-state index in [0.29, 0.717) is 6.92 Å². The molecule has 4 aliphatic heterocycles. The lowest BCUT2D eigenvalue weighted by molar-refractivity contribution is -0.385. The van der Waals surface area contributed by atoms with Crippen LogP contribution in [0.15, 0.2) is 12.7 Å². The molecule has 0 aromatic heterocycles. The smallest absolute Gasteiger partial charge is 0.218 e. The molecule has 41 heteroatoms. The molecule has 7 N–H and O–H groups in total. The average molecular weight is 1130 g/mol. The van der Waals surface area contributed by atoms with Crippen LogP contribution in [-0.4, -0.2) is 244 Å².